The minimum absolute atomic E-state index is 0.0806. The highest BCUT2D eigenvalue weighted by molar-refractivity contribution is 14.1. The highest BCUT2D eigenvalue weighted by Gasteiger charge is 2.43. The summed E-state index contributed by atoms with van der Waals surface area (Å²) in [5, 5.41) is 3.68. The van der Waals surface area contributed by atoms with Crippen molar-refractivity contribution in [2.24, 2.45) is 11.7 Å². The topological polar surface area (TPSA) is 70.5 Å². The van der Waals surface area contributed by atoms with Gasteiger partial charge in [0.25, 0.3) is 14.3 Å². The van der Waals surface area contributed by atoms with Crippen molar-refractivity contribution in [3.8, 4) is 0 Å². The molecule has 0 aromatic carbocycles. The van der Waals surface area contributed by atoms with E-state index >= 15 is 0 Å². The first-order valence-corrected chi connectivity index (χ1v) is 13.1. The predicted molar refractivity (Wildman–Crippen MR) is 144 cm³/mol. The van der Waals surface area contributed by atoms with Crippen molar-refractivity contribution < 1.29 is 0 Å². The number of nitrogens with zero attached hydrogens (tertiary/aromatic N) is 2. The fourth-order valence-electron chi connectivity index (χ4n) is 3.89. The van der Waals surface area contributed by atoms with Gasteiger partial charge in [-0.25, -0.2) is 6.27 Å². The maximum absolute atomic E-state index is 6.12. The van der Waals surface area contributed by atoms with Crippen LogP contribution in [-0.2, 0) is 0 Å². The molecule has 0 aliphatic heterocycles. The Bertz CT molecular complexity index is 377. The van der Waals surface area contributed by atoms with E-state index in [0.717, 1.165) is 0 Å². The number of halogens is 2. The molecule has 0 rings (SSSR count). The van der Waals surface area contributed by atoms with E-state index in [9.17, 15) is 0 Å². The Morgan fingerprint density at radius 3 is 1.64 bits per heavy atom. The zero-order valence-electron chi connectivity index (χ0n) is 18.9. The molecule has 0 fully saturated rings. The lowest BCUT2D eigenvalue weighted by Gasteiger charge is -2.45. The van der Waals surface area contributed by atoms with Crippen molar-refractivity contribution >= 4 is 60.0 Å². The van der Waals surface area contributed by atoms with E-state index in [1.54, 1.807) is 6.27 Å². The second-order valence-corrected chi connectivity index (χ2v) is 11.0. The molecular formula is C19H44B2I2N5. The molecule has 1 unspecified atom stereocenters. The normalized spacial score (nSPS) is 14.5. The molecule has 0 spiro atoms. The summed E-state index contributed by atoms with van der Waals surface area (Å²) < 4.78 is 3.38. The van der Waals surface area contributed by atoms with Crippen LogP contribution in [0.1, 0.15) is 105 Å². The Kier molecular flexibility index (Phi) is 16.9. The van der Waals surface area contributed by atoms with Crippen molar-refractivity contribution in [3.63, 3.8) is 0 Å². The SMILES string of the molecule is CCCCCCCC(C)(CCCCCCC)NC(C)([B]N(N)I)B(C)N(N)I. The monoisotopic (exact) mass is 618 g/mol. The second kappa shape index (κ2) is 16.1. The van der Waals surface area contributed by atoms with Gasteiger partial charge in [-0.15, -0.1) is 0 Å². The number of hydrogen-bond acceptors (Lipinski definition) is 5. The maximum atomic E-state index is 6.12. The minimum Gasteiger partial charge on any atom is -0.317 e. The van der Waals surface area contributed by atoms with Crippen LogP contribution in [-0.4, -0.2) is 31.4 Å². The summed E-state index contributed by atoms with van der Waals surface area (Å²) in [6.07, 6.45) is 15.5. The number of nitrogens with two attached hydrogens (primary N) is 2. The molecular weight excluding hydrogens is 574 g/mol. The van der Waals surface area contributed by atoms with E-state index in [1.807, 2.05) is 0 Å². The third kappa shape index (κ3) is 12.9. The van der Waals surface area contributed by atoms with Gasteiger partial charge >= 0.3 is 0 Å². The average Bonchev–Trinajstić information content (AvgIpc) is 2.59. The fraction of sp³-hybridized carbons (Fsp3) is 1.00. The lowest BCUT2D eigenvalue weighted by Crippen LogP contribution is -2.71. The number of hydrogen-bond donors (Lipinski definition) is 3. The summed E-state index contributed by atoms with van der Waals surface area (Å²) in [5.41, 5.74) is 0.0806. The molecule has 0 aromatic rings. The molecule has 5 N–H and O–H groups in total. The lowest BCUT2D eigenvalue weighted by molar-refractivity contribution is 0.265. The Labute approximate surface area is 204 Å². The van der Waals surface area contributed by atoms with Crippen molar-refractivity contribution in [1.29, 1.82) is 0 Å². The van der Waals surface area contributed by atoms with Gasteiger partial charge in [-0.3, -0.25) is 11.7 Å². The third-order valence-electron chi connectivity index (χ3n) is 5.86. The minimum atomic E-state index is -0.312. The largest absolute Gasteiger partial charge is 0.317 e. The molecule has 0 aromatic heterocycles. The van der Waals surface area contributed by atoms with Crippen LogP contribution in [0.5, 0.6) is 0 Å². The summed E-state index contributed by atoms with van der Waals surface area (Å²) in [7, 11) is 2.06. The molecule has 1 radical (unpaired) electrons. The Morgan fingerprint density at radius 1 is 0.857 bits per heavy atom. The van der Waals surface area contributed by atoms with E-state index in [-0.39, 0.29) is 17.7 Å². The van der Waals surface area contributed by atoms with Gasteiger partial charge in [0.05, 0.1) is 0 Å². The van der Waals surface area contributed by atoms with Gasteiger partial charge in [0.2, 0.25) is 0 Å². The van der Waals surface area contributed by atoms with Crippen molar-refractivity contribution in [1.82, 2.24) is 11.6 Å². The lowest BCUT2D eigenvalue weighted by atomic mass is 9.37. The van der Waals surface area contributed by atoms with E-state index < -0.39 is 0 Å². The van der Waals surface area contributed by atoms with Crippen LogP contribution in [0.15, 0.2) is 0 Å². The van der Waals surface area contributed by atoms with Crippen LogP contribution >= 0.6 is 45.7 Å². The quantitative estimate of drug-likeness (QED) is 0.0466. The molecule has 28 heavy (non-hydrogen) atoms. The van der Waals surface area contributed by atoms with Crippen LogP contribution in [0.4, 0.5) is 0 Å². The number of nitrogens with one attached hydrogen (secondary N) is 1. The molecule has 5 nitrogen and oxygen atoms in total. The van der Waals surface area contributed by atoms with Gasteiger partial charge in [-0.2, -0.15) is 0 Å². The van der Waals surface area contributed by atoms with E-state index in [2.05, 4.69) is 93.0 Å². The fourth-order valence-corrected chi connectivity index (χ4v) is 5.05. The highest BCUT2D eigenvalue weighted by atomic mass is 127. The van der Waals surface area contributed by atoms with Crippen LogP contribution in [0.25, 0.3) is 0 Å². The van der Waals surface area contributed by atoms with E-state index in [4.69, 9.17) is 11.7 Å². The van der Waals surface area contributed by atoms with Gasteiger partial charge < -0.3 is 5.32 Å². The summed E-state index contributed by atoms with van der Waals surface area (Å²) in [6.45, 7) is 11.4. The molecule has 9 heteroatoms. The average molecular weight is 618 g/mol. The summed E-state index contributed by atoms with van der Waals surface area (Å²) in [5.74, 6) is 12.1. The van der Waals surface area contributed by atoms with Crippen molar-refractivity contribution in [2.45, 2.75) is 122 Å². The Morgan fingerprint density at radius 2 is 1.29 bits per heavy atom. The number of rotatable bonds is 18. The van der Waals surface area contributed by atoms with Gasteiger partial charge in [-0.1, -0.05) is 91.8 Å². The molecule has 0 saturated heterocycles. The standard InChI is InChI=1S/C19H44B2I2N5/c1-6-8-10-12-14-16-18(3,17-15-13-11-9-7-2)26-19(4,20-27(22)24)21(5)28(23)25/h26H,6-17,24-25H2,1-5H3. The summed E-state index contributed by atoms with van der Waals surface area (Å²) >= 11 is 4.29. The number of unbranched alkanes of at least 4 members (excludes halogenated alkanes) is 8. The van der Waals surface area contributed by atoms with E-state index in [1.165, 1.54) is 77.0 Å². The van der Waals surface area contributed by atoms with Crippen LogP contribution < -0.4 is 17.0 Å². The predicted octanol–water partition coefficient (Wildman–Crippen LogP) is 5.60. The van der Waals surface area contributed by atoms with Crippen molar-refractivity contribution in [3.05, 3.63) is 0 Å². The Balaban J connectivity index is 5.12. The van der Waals surface area contributed by atoms with Crippen molar-refractivity contribution in [2.75, 3.05) is 0 Å². The molecule has 0 aliphatic carbocycles. The van der Waals surface area contributed by atoms with Crippen LogP contribution in [0.2, 0.25) is 6.82 Å². The first kappa shape index (κ1) is 29.4. The summed E-state index contributed by atoms with van der Waals surface area (Å²) in [6, 6.07) is 0. The second-order valence-electron chi connectivity index (χ2n) is 8.79. The molecule has 0 heterocycles. The molecule has 0 amide bonds. The van der Waals surface area contributed by atoms with E-state index in [0.29, 0.717) is 0 Å². The molecule has 1 atom stereocenters. The van der Waals surface area contributed by atoms with Crippen LogP contribution in [0, 0.1) is 0 Å². The summed E-state index contributed by atoms with van der Waals surface area (Å²) in [4.78, 5) is 0. The smallest absolute Gasteiger partial charge is 0.265 e. The Hall–Kier alpha value is 1.39. The zero-order valence-corrected chi connectivity index (χ0v) is 23.3. The van der Waals surface area contributed by atoms with Crippen LogP contribution in [0.3, 0.4) is 0 Å². The molecule has 0 aliphatic rings. The molecule has 165 valence electrons. The first-order valence-electron chi connectivity index (χ1n) is 11.1. The zero-order chi connectivity index (χ0) is 21.6. The van der Waals surface area contributed by atoms with Gasteiger partial charge in [0.1, 0.15) is 0 Å². The number of hydrazine groups is 2. The molecule has 0 saturated carbocycles. The third-order valence-corrected chi connectivity index (χ3v) is 6.98. The van der Waals surface area contributed by atoms with Gasteiger partial charge in [0, 0.05) is 56.6 Å². The molecule has 0 bridgehead atoms. The van der Waals surface area contributed by atoms with Gasteiger partial charge in [0.15, 0.2) is 0 Å². The maximum Gasteiger partial charge on any atom is 0.265 e. The van der Waals surface area contributed by atoms with Gasteiger partial charge in [-0.05, 0) is 19.8 Å². The first-order chi connectivity index (χ1) is 13.1. The highest BCUT2D eigenvalue weighted by Crippen LogP contribution is 2.27.